The largest absolute Gasteiger partial charge is 0.464 e. The Morgan fingerprint density at radius 2 is 2.11 bits per heavy atom. The summed E-state index contributed by atoms with van der Waals surface area (Å²) in [5.41, 5.74) is 5.17. The summed E-state index contributed by atoms with van der Waals surface area (Å²) in [5, 5.41) is 3.67. The quantitative estimate of drug-likeness (QED) is 0.460. The molecule has 0 aliphatic heterocycles. The summed E-state index contributed by atoms with van der Waals surface area (Å²) < 4.78 is 16.4. The highest BCUT2D eigenvalue weighted by Crippen LogP contribution is 2.30. The van der Waals surface area contributed by atoms with Gasteiger partial charge in [0.05, 0.1) is 24.6 Å². The molecule has 6 heteroatoms. The molecule has 0 spiro atoms. The Labute approximate surface area is 159 Å². The van der Waals surface area contributed by atoms with Crippen molar-refractivity contribution < 1.29 is 18.4 Å². The van der Waals surface area contributed by atoms with Crippen molar-refractivity contribution in [3.63, 3.8) is 0 Å². The standard InChI is InChI=1S/C21H17NO4S/c23-20(26-11-16-12-27-21(22-16)18-5-2-6-24-18)9-15-10-25-19-8-14-4-1-3-13(14)7-17(15)19/h2,5-8,10,12H,1,3-4,9,11H2. The Morgan fingerprint density at radius 1 is 1.22 bits per heavy atom. The van der Waals surface area contributed by atoms with Gasteiger partial charge < -0.3 is 13.6 Å². The van der Waals surface area contributed by atoms with Crippen molar-refractivity contribution in [1.29, 1.82) is 0 Å². The van der Waals surface area contributed by atoms with Crippen LogP contribution in [0, 0.1) is 0 Å². The van der Waals surface area contributed by atoms with Gasteiger partial charge in [0.1, 0.15) is 12.2 Å². The Balaban J connectivity index is 1.25. The third kappa shape index (κ3) is 3.17. The number of hydrogen-bond acceptors (Lipinski definition) is 6. The number of carbonyl (C=O) groups is 1. The van der Waals surface area contributed by atoms with Crippen LogP contribution in [0.25, 0.3) is 21.7 Å². The van der Waals surface area contributed by atoms with Gasteiger partial charge >= 0.3 is 5.97 Å². The summed E-state index contributed by atoms with van der Waals surface area (Å²) in [6, 6.07) is 7.95. The SMILES string of the molecule is O=C(Cc1coc2cc3c(cc12)CCC3)OCc1csc(-c2ccco2)n1. The summed E-state index contributed by atoms with van der Waals surface area (Å²) in [5.74, 6) is 0.431. The molecule has 136 valence electrons. The minimum Gasteiger partial charge on any atom is -0.464 e. The van der Waals surface area contributed by atoms with Gasteiger partial charge in [-0.3, -0.25) is 4.79 Å². The Kier molecular flexibility index (Phi) is 4.05. The van der Waals surface area contributed by atoms with Gasteiger partial charge in [0.15, 0.2) is 10.8 Å². The van der Waals surface area contributed by atoms with Gasteiger partial charge in [-0.05, 0) is 54.7 Å². The highest BCUT2D eigenvalue weighted by molar-refractivity contribution is 7.13. The Bertz CT molecular complexity index is 1110. The smallest absolute Gasteiger partial charge is 0.310 e. The zero-order valence-corrected chi connectivity index (χ0v) is 15.4. The number of hydrogen-bond donors (Lipinski definition) is 0. The number of rotatable bonds is 5. The van der Waals surface area contributed by atoms with Crippen LogP contribution >= 0.6 is 11.3 Å². The maximum Gasteiger partial charge on any atom is 0.310 e. The second kappa shape index (κ2) is 6.70. The van der Waals surface area contributed by atoms with Crippen LogP contribution in [0.15, 0.2) is 51.0 Å². The number of aromatic nitrogens is 1. The zero-order chi connectivity index (χ0) is 18.2. The first-order valence-electron chi connectivity index (χ1n) is 8.92. The average molecular weight is 379 g/mol. The molecular weight excluding hydrogens is 362 g/mol. The van der Waals surface area contributed by atoms with Gasteiger partial charge in [0, 0.05) is 16.3 Å². The molecule has 1 aromatic carbocycles. The maximum absolute atomic E-state index is 12.3. The van der Waals surface area contributed by atoms with E-state index in [1.165, 1.54) is 28.9 Å². The van der Waals surface area contributed by atoms with Gasteiger partial charge in [0.25, 0.3) is 0 Å². The van der Waals surface area contributed by atoms with Crippen LogP contribution in [0.2, 0.25) is 0 Å². The number of nitrogens with zero attached hydrogens (tertiary/aromatic N) is 1. The molecule has 0 amide bonds. The first kappa shape index (κ1) is 16.3. The van der Waals surface area contributed by atoms with Crippen LogP contribution in [0.5, 0.6) is 0 Å². The number of benzene rings is 1. The summed E-state index contributed by atoms with van der Waals surface area (Å²) in [4.78, 5) is 16.7. The van der Waals surface area contributed by atoms with Crippen LogP contribution in [0.3, 0.4) is 0 Å². The van der Waals surface area contributed by atoms with E-state index in [4.69, 9.17) is 13.6 Å². The predicted molar refractivity (Wildman–Crippen MR) is 102 cm³/mol. The van der Waals surface area contributed by atoms with Gasteiger partial charge in [-0.1, -0.05) is 0 Å². The lowest BCUT2D eigenvalue weighted by Gasteiger charge is -2.03. The number of esters is 1. The van der Waals surface area contributed by atoms with E-state index in [0.717, 1.165) is 45.8 Å². The molecule has 3 aromatic heterocycles. The normalized spacial score (nSPS) is 13.2. The average Bonchev–Trinajstić information content (AvgIpc) is 3.44. The first-order valence-corrected chi connectivity index (χ1v) is 9.80. The van der Waals surface area contributed by atoms with Crippen molar-refractivity contribution in [2.75, 3.05) is 0 Å². The Hall–Kier alpha value is -2.86. The molecule has 5 nitrogen and oxygen atoms in total. The highest BCUT2D eigenvalue weighted by Gasteiger charge is 2.17. The lowest BCUT2D eigenvalue weighted by molar-refractivity contribution is -0.144. The molecule has 0 fully saturated rings. The molecule has 1 aliphatic rings. The molecule has 3 heterocycles. The maximum atomic E-state index is 12.3. The number of fused-ring (bicyclic) bond motifs is 2. The lowest BCUT2D eigenvalue weighted by atomic mass is 10.0. The fraction of sp³-hybridized carbons (Fsp3) is 0.238. The molecule has 0 N–H and O–H groups in total. The fourth-order valence-corrected chi connectivity index (χ4v) is 4.30. The van der Waals surface area contributed by atoms with E-state index >= 15 is 0 Å². The van der Waals surface area contributed by atoms with Gasteiger partial charge in [-0.2, -0.15) is 0 Å². The van der Waals surface area contributed by atoms with Crippen molar-refractivity contribution in [1.82, 2.24) is 4.98 Å². The van der Waals surface area contributed by atoms with Crippen molar-refractivity contribution >= 4 is 28.3 Å². The van der Waals surface area contributed by atoms with E-state index in [-0.39, 0.29) is 19.0 Å². The Morgan fingerprint density at radius 3 is 2.96 bits per heavy atom. The second-order valence-corrected chi connectivity index (χ2v) is 7.55. The van der Waals surface area contributed by atoms with Crippen molar-refractivity contribution in [2.45, 2.75) is 32.3 Å². The molecule has 1 aliphatic carbocycles. The number of thiazole rings is 1. The van der Waals surface area contributed by atoms with Crippen molar-refractivity contribution in [3.8, 4) is 10.8 Å². The highest BCUT2D eigenvalue weighted by atomic mass is 32.1. The molecule has 0 atom stereocenters. The van der Waals surface area contributed by atoms with Gasteiger partial charge in [-0.15, -0.1) is 11.3 Å². The van der Waals surface area contributed by atoms with Crippen LogP contribution in [-0.4, -0.2) is 11.0 Å². The zero-order valence-electron chi connectivity index (χ0n) is 14.6. The monoisotopic (exact) mass is 379 g/mol. The molecule has 4 aromatic rings. The van der Waals surface area contributed by atoms with E-state index in [0.29, 0.717) is 0 Å². The van der Waals surface area contributed by atoms with E-state index in [2.05, 4.69) is 17.1 Å². The first-order chi connectivity index (χ1) is 13.3. The number of carbonyl (C=O) groups excluding carboxylic acids is 1. The van der Waals surface area contributed by atoms with Crippen molar-refractivity contribution in [3.05, 3.63) is 64.6 Å². The molecule has 0 saturated heterocycles. The number of aryl methyl sites for hydroxylation is 2. The van der Waals surface area contributed by atoms with Crippen LogP contribution in [0.1, 0.15) is 28.8 Å². The third-order valence-corrected chi connectivity index (χ3v) is 5.77. The lowest BCUT2D eigenvalue weighted by Crippen LogP contribution is -2.08. The van der Waals surface area contributed by atoms with E-state index < -0.39 is 0 Å². The molecule has 0 unspecified atom stereocenters. The minimum absolute atomic E-state index is 0.154. The van der Waals surface area contributed by atoms with E-state index in [1.54, 1.807) is 12.5 Å². The summed E-state index contributed by atoms with van der Waals surface area (Å²) in [6.07, 6.45) is 6.87. The topological polar surface area (TPSA) is 65.5 Å². The summed E-state index contributed by atoms with van der Waals surface area (Å²) in [7, 11) is 0. The molecule has 0 bridgehead atoms. The minimum atomic E-state index is -0.286. The fourth-order valence-electron chi connectivity index (χ4n) is 3.53. The number of furan rings is 2. The third-order valence-electron chi connectivity index (χ3n) is 4.87. The van der Waals surface area contributed by atoms with Gasteiger partial charge in [-0.25, -0.2) is 4.98 Å². The number of ether oxygens (including phenoxy) is 1. The van der Waals surface area contributed by atoms with E-state index in [1.807, 2.05) is 17.5 Å². The predicted octanol–water partition coefficient (Wildman–Crippen LogP) is 4.92. The second-order valence-electron chi connectivity index (χ2n) is 6.69. The van der Waals surface area contributed by atoms with E-state index in [9.17, 15) is 4.79 Å². The molecule has 27 heavy (non-hydrogen) atoms. The van der Waals surface area contributed by atoms with Crippen LogP contribution in [-0.2, 0) is 35.4 Å². The van der Waals surface area contributed by atoms with Crippen LogP contribution in [0.4, 0.5) is 0 Å². The van der Waals surface area contributed by atoms with Crippen molar-refractivity contribution in [2.24, 2.45) is 0 Å². The molecular formula is C21H17NO4S. The summed E-state index contributed by atoms with van der Waals surface area (Å²) in [6.45, 7) is 0.154. The molecule has 0 radical (unpaired) electrons. The molecule has 0 saturated carbocycles. The molecule has 5 rings (SSSR count). The van der Waals surface area contributed by atoms with Gasteiger partial charge in [0.2, 0.25) is 0 Å². The van der Waals surface area contributed by atoms with Crippen LogP contribution < -0.4 is 0 Å². The summed E-state index contributed by atoms with van der Waals surface area (Å²) >= 11 is 1.47.